The summed E-state index contributed by atoms with van der Waals surface area (Å²) in [6.07, 6.45) is 9.52. The van der Waals surface area contributed by atoms with Crippen molar-refractivity contribution < 1.29 is 0 Å². The van der Waals surface area contributed by atoms with Crippen molar-refractivity contribution in [3.8, 4) is 0 Å². The van der Waals surface area contributed by atoms with Gasteiger partial charge in [0.05, 0.1) is 0 Å². The molecule has 0 amide bonds. The number of unbranched alkanes of at least 4 members (excludes halogenated alkanes) is 3. The van der Waals surface area contributed by atoms with Gasteiger partial charge in [0.1, 0.15) is 0 Å². The predicted octanol–water partition coefficient (Wildman–Crippen LogP) is 5.17. The van der Waals surface area contributed by atoms with Crippen LogP contribution < -0.4 is 0 Å². The van der Waals surface area contributed by atoms with Gasteiger partial charge in [-0.05, 0) is 38.0 Å². The van der Waals surface area contributed by atoms with E-state index in [4.69, 9.17) is 11.6 Å². The van der Waals surface area contributed by atoms with Crippen LogP contribution in [0, 0.1) is 5.41 Å². The summed E-state index contributed by atoms with van der Waals surface area (Å²) in [5.41, 5.74) is 0.412. The maximum Gasteiger partial charge on any atom is 0.0312 e. The number of hydrogen-bond acceptors (Lipinski definition) is 0. The van der Waals surface area contributed by atoms with Crippen molar-refractivity contribution in [3.63, 3.8) is 0 Å². The molecule has 0 N–H and O–H groups in total. The first-order valence-electron chi connectivity index (χ1n) is 5.73. The number of hydrogen-bond donors (Lipinski definition) is 0. The highest BCUT2D eigenvalue weighted by Gasteiger charge is 2.19. The van der Waals surface area contributed by atoms with Crippen LogP contribution in [0.3, 0.4) is 0 Å². The van der Waals surface area contributed by atoms with Crippen molar-refractivity contribution in [2.75, 3.05) is 0 Å². The molecule has 0 heterocycles. The third-order valence-corrected chi connectivity index (χ3v) is 2.75. The Morgan fingerprint density at radius 3 is 2.43 bits per heavy atom. The third-order valence-electron chi connectivity index (χ3n) is 2.60. The fraction of sp³-hybridized carbons (Fsp3) is 0.846. The Hall–Kier alpha value is 0.0300. The molecule has 0 saturated carbocycles. The number of halogens is 1. The molecule has 1 atom stereocenters. The average Bonchev–Trinajstić information content (AvgIpc) is 2.01. The fourth-order valence-corrected chi connectivity index (χ4v) is 2.35. The van der Waals surface area contributed by atoms with Crippen molar-refractivity contribution in [3.05, 3.63) is 12.7 Å². The molecule has 0 aliphatic heterocycles. The second-order valence-electron chi connectivity index (χ2n) is 5.04. The number of rotatable bonds is 8. The second kappa shape index (κ2) is 7.34. The van der Waals surface area contributed by atoms with Gasteiger partial charge in [0, 0.05) is 5.38 Å². The zero-order valence-electron chi connectivity index (χ0n) is 9.98. The Morgan fingerprint density at radius 1 is 1.29 bits per heavy atom. The zero-order valence-corrected chi connectivity index (χ0v) is 10.7. The Morgan fingerprint density at radius 2 is 1.93 bits per heavy atom. The smallest absolute Gasteiger partial charge is 0.0312 e. The molecule has 84 valence electrons. The molecule has 14 heavy (non-hydrogen) atoms. The molecule has 0 fully saturated rings. The van der Waals surface area contributed by atoms with Gasteiger partial charge in [-0.1, -0.05) is 32.8 Å². The normalized spacial score (nSPS) is 14.0. The molecular formula is C13H25Cl. The van der Waals surface area contributed by atoms with Gasteiger partial charge < -0.3 is 0 Å². The van der Waals surface area contributed by atoms with Crippen molar-refractivity contribution in [2.24, 2.45) is 5.41 Å². The van der Waals surface area contributed by atoms with E-state index < -0.39 is 0 Å². The Balaban J connectivity index is 3.49. The Kier molecular flexibility index (Phi) is 7.35. The van der Waals surface area contributed by atoms with Gasteiger partial charge in [-0.2, -0.15) is 0 Å². The third kappa shape index (κ3) is 8.62. The highest BCUT2D eigenvalue weighted by molar-refractivity contribution is 6.20. The van der Waals surface area contributed by atoms with Crippen LogP contribution in [0.25, 0.3) is 0 Å². The highest BCUT2D eigenvalue weighted by atomic mass is 35.5. The monoisotopic (exact) mass is 216 g/mol. The van der Waals surface area contributed by atoms with Crippen LogP contribution in [0.4, 0.5) is 0 Å². The summed E-state index contributed by atoms with van der Waals surface area (Å²) in [6, 6.07) is 0. The largest absolute Gasteiger partial charge is 0.123 e. The number of allylic oxidation sites excluding steroid dienone is 1. The van der Waals surface area contributed by atoms with Gasteiger partial charge in [0.2, 0.25) is 0 Å². The van der Waals surface area contributed by atoms with Crippen LogP contribution in [0.2, 0.25) is 0 Å². The van der Waals surface area contributed by atoms with Crippen LogP contribution in [-0.4, -0.2) is 5.38 Å². The van der Waals surface area contributed by atoms with Crippen molar-refractivity contribution >= 4 is 11.6 Å². The molecular weight excluding hydrogens is 192 g/mol. The predicted molar refractivity (Wildman–Crippen MR) is 67.0 cm³/mol. The quantitative estimate of drug-likeness (QED) is 0.299. The van der Waals surface area contributed by atoms with E-state index in [1.807, 2.05) is 6.08 Å². The first-order chi connectivity index (χ1) is 6.48. The summed E-state index contributed by atoms with van der Waals surface area (Å²) in [5, 5.41) is 0.304. The minimum Gasteiger partial charge on any atom is -0.123 e. The number of alkyl halides is 1. The molecule has 0 aliphatic rings. The van der Waals surface area contributed by atoms with Crippen molar-refractivity contribution in [2.45, 2.75) is 64.7 Å². The lowest BCUT2D eigenvalue weighted by Gasteiger charge is -2.25. The van der Waals surface area contributed by atoms with Crippen LogP contribution in [0.1, 0.15) is 59.3 Å². The lowest BCUT2D eigenvalue weighted by molar-refractivity contribution is 0.294. The van der Waals surface area contributed by atoms with Gasteiger partial charge in [-0.25, -0.2) is 0 Å². The molecule has 1 unspecified atom stereocenters. The van der Waals surface area contributed by atoms with Crippen LogP contribution >= 0.6 is 11.6 Å². The molecule has 0 spiro atoms. The lowest BCUT2D eigenvalue weighted by atomic mass is 9.82. The molecule has 0 bridgehead atoms. The van der Waals surface area contributed by atoms with Crippen LogP contribution in [0.5, 0.6) is 0 Å². The van der Waals surface area contributed by atoms with Gasteiger partial charge in [0.15, 0.2) is 0 Å². The molecule has 0 aromatic rings. The summed E-state index contributed by atoms with van der Waals surface area (Å²) < 4.78 is 0. The van der Waals surface area contributed by atoms with Crippen LogP contribution in [-0.2, 0) is 0 Å². The SMILES string of the molecule is C=CCCCCCC(C)(C)CC(C)Cl. The van der Waals surface area contributed by atoms with E-state index in [2.05, 4.69) is 27.4 Å². The summed E-state index contributed by atoms with van der Waals surface area (Å²) in [5.74, 6) is 0. The summed E-state index contributed by atoms with van der Waals surface area (Å²) in [6.45, 7) is 10.5. The van der Waals surface area contributed by atoms with Gasteiger partial charge in [-0.15, -0.1) is 18.2 Å². The van der Waals surface area contributed by atoms with E-state index in [1.165, 1.54) is 25.7 Å². The molecule has 0 radical (unpaired) electrons. The molecule has 0 saturated heterocycles. The van der Waals surface area contributed by atoms with Gasteiger partial charge >= 0.3 is 0 Å². The van der Waals surface area contributed by atoms with Crippen molar-refractivity contribution in [1.82, 2.24) is 0 Å². The molecule has 0 rings (SSSR count). The minimum absolute atomic E-state index is 0.304. The zero-order chi connectivity index (χ0) is 11.0. The second-order valence-corrected chi connectivity index (χ2v) is 5.78. The Bertz CT molecular complexity index is 147. The molecule has 0 aliphatic carbocycles. The standard InChI is InChI=1S/C13H25Cl/c1-5-6-7-8-9-10-13(3,4)11-12(2)14/h5,12H,1,6-11H2,2-4H3. The summed E-state index contributed by atoms with van der Waals surface area (Å²) in [4.78, 5) is 0. The summed E-state index contributed by atoms with van der Waals surface area (Å²) >= 11 is 6.01. The first kappa shape index (κ1) is 14.0. The van der Waals surface area contributed by atoms with Gasteiger partial charge in [-0.3, -0.25) is 0 Å². The maximum absolute atomic E-state index is 6.01. The molecule has 1 heteroatoms. The van der Waals surface area contributed by atoms with E-state index in [9.17, 15) is 0 Å². The summed E-state index contributed by atoms with van der Waals surface area (Å²) in [7, 11) is 0. The fourth-order valence-electron chi connectivity index (χ4n) is 1.93. The van der Waals surface area contributed by atoms with E-state index in [-0.39, 0.29) is 0 Å². The van der Waals surface area contributed by atoms with Crippen molar-refractivity contribution in [1.29, 1.82) is 0 Å². The lowest BCUT2D eigenvalue weighted by Crippen LogP contribution is -2.15. The van der Waals surface area contributed by atoms with E-state index in [0.717, 1.165) is 12.8 Å². The van der Waals surface area contributed by atoms with E-state index in [0.29, 0.717) is 10.8 Å². The topological polar surface area (TPSA) is 0 Å². The van der Waals surface area contributed by atoms with E-state index in [1.54, 1.807) is 0 Å². The van der Waals surface area contributed by atoms with Gasteiger partial charge in [0.25, 0.3) is 0 Å². The molecule has 0 nitrogen and oxygen atoms in total. The minimum atomic E-state index is 0.304. The average molecular weight is 217 g/mol. The highest BCUT2D eigenvalue weighted by Crippen LogP contribution is 2.30. The van der Waals surface area contributed by atoms with E-state index >= 15 is 0 Å². The molecule has 0 aromatic heterocycles. The Labute approximate surface area is 94.7 Å². The maximum atomic E-state index is 6.01. The van der Waals surface area contributed by atoms with Crippen LogP contribution in [0.15, 0.2) is 12.7 Å². The molecule has 0 aromatic carbocycles. The first-order valence-corrected chi connectivity index (χ1v) is 6.16.